The Kier molecular flexibility index (Phi) is 39.7. The molecule has 0 aromatic heterocycles. The Balaban J connectivity index is 4.38. The first-order chi connectivity index (χ1) is 28.0. The number of rotatable bonds is 44. The van der Waals surface area contributed by atoms with Crippen molar-refractivity contribution in [2.45, 2.75) is 213 Å². The molecule has 2 atom stereocenters. The summed E-state index contributed by atoms with van der Waals surface area (Å²) in [6, 6.07) is 0. The zero-order valence-corrected chi connectivity index (χ0v) is 38.8. The van der Waals surface area contributed by atoms with E-state index in [9.17, 15) is 19.0 Å². The number of carbonyl (C=O) groups excluding carboxylic acids is 2. The molecule has 0 saturated heterocycles. The highest BCUT2D eigenvalue weighted by molar-refractivity contribution is 7.45. The predicted octanol–water partition coefficient (Wildman–Crippen LogP) is 12.4. The van der Waals surface area contributed by atoms with Crippen LogP contribution in [0.1, 0.15) is 206 Å². The molecule has 0 rings (SSSR count). The van der Waals surface area contributed by atoms with Gasteiger partial charge < -0.3 is 23.4 Å². The number of likely N-dealkylation sites (N-methyl/N-ethyl adjacent to an activating group) is 1. The zero-order valence-electron chi connectivity index (χ0n) is 37.9. The lowest BCUT2D eigenvalue weighted by Crippen LogP contribution is -2.37. The minimum absolute atomic E-state index is 0.100. The summed E-state index contributed by atoms with van der Waals surface area (Å²) >= 11 is 0. The average Bonchev–Trinajstić information content (AvgIpc) is 3.17. The van der Waals surface area contributed by atoms with Crippen LogP contribution in [-0.2, 0) is 42.8 Å². The van der Waals surface area contributed by atoms with Crippen molar-refractivity contribution in [2.75, 3.05) is 47.5 Å². The zero-order chi connectivity index (χ0) is 42.8. The second-order valence-corrected chi connectivity index (χ2v) is 18.2. The summed E-state index contributed by atoms with van der Waals surface area (Å²) in [5.41, 5.74) is 0. The maximum Gasteiger partial charge on any atom is 0.306 e. The molecule has 0 bridgehead atoms. The predicted molar refractivity (Wildman–Crippen MR) is 234 cm³/mol. The van der Waals surface area contributed by atoms with Crippen molar-refractivity contribution in [1.29, 1.82) is 0 Å². The van der Waals surface area contributed by atoms with Crippen LogP contribution in [0, 0.1) is 0 Å². The number of unbranched alkanes of at least 4 members (excludes halogenated alkanes) is 24. The van der Waals surface area contributed by atoms with Gasteiger partial charge in [-0.15, -0.1) is 4.67 Å². The first kappa shape index (κ1) is 56.4. The van der Waals surface area contributed by atoms with Gasteiger partial charge in [-0.25, -0.2) is 4.89 Å². The van der Waals surface area contributed by atoms with Crippen molar-refractivity contribution in [2.24, 2.45) is 0 Å². The fourth-order valence-corrected chi connectivity index (χ4v) is 6.73. The van der Waals surface area contributed by atoms with Gasteiger partial charge >= 0.3 is 19.8 Å². The number of esters is 2. The Bertz CT molecular complexity index is 1050. The standard InChI is InChI=1S/C46H88NO10P/c1-6-8-10-12-14-16-18-20-22-24-26-28-30-32-34-36-38-45(48)52-42-44(43-53-56-57-58(50,51)54-41-40-47(3,4)5)55-46(49)39-37-35-33-31-29-27-25-23-21-19-17-15-13-11-9-7-2/h22-25,44H,6-21,26-43H2,1-5H3/b24-22+,25-23+. The highest BCUT2D eigenvalue weighted by Gasteiger charge is 2.20. The second kappa shape index (κ2) is 40.8. The number of phosphoric ester groups is 1. The van der Waals surface area contributed by atoms with Crippen LogP contribution in [0.3, 0.4) is 0 Å². The van der Waals surface area contributed by atoms with E-state index < -0.39 is 32.5 Å². The van der Waals surface area contributed by atoms with Crippen molar-refractivity contribution in [3.05, 3.63) is 24.3 Å². The van der Waals surface area contributed by atoms with E-state index in [1.165, 1.54) is 103 Å². The number of nitrogens with zero attached hydrogens (tertiary/aromatic N) is 1. The third-order valence-corrected chi connectivity index (χ3v) is 10.7. The summed E-state index contributed by atoms with van der Waals surface area (Å²) in [6.45, 7) is 4.17. The topological polar surface area (TPSA) is 130 Å². The second-order valence-electron chi connectivity index (χ2n) is 16.9. The molecule has 0 heterocycles. The number of hydrogen-bond acceptors (Lipinski definition) is 10. The van der Waals surface area contributed by atoms with E-state index in [4.69, 9.17) is 18.9 Å². The quantitative estimate of drug-likeness (QED) is 0.0111. The Morgan fingerprint density at radius 3 is 1.40 bits per heavy atom. The molecule has 0 N–H and O–H groups in total. The third kappa shape index (κ3) is 44.0. The number of hydrogen-bond donors (Lipinski definition) is 0. The molecule has 342 valence electrons. The molecule has 58 heavy (non-hydrogen) atoms. The molecule has 0 aromatic carbocycles. The highest BCUT2D eigenvalue weighted by atomic mass is 31.2. The summed E-state index contributed by atoms with van der Waals surface area (Å²) < 4.78 is 32.5. The van der Waals surface area contributed by atoms with Gasteiger partial charge in [-0.3, -0.25) is 14.2 Å². The first-order valence-corrected chi connectivity index (χ1v) is 24.8. The minimum Gasteiger partial charge on any atom is -0.754 e. The van der Waals surface area contributed by atoms with E-state index in [2.05, 4.69) is 47.9 Å². The van der Waals surface area contributed by atoms with E-state index in [1.54, 1.807) is 0 Å². The SMILES string of the molecule is CCCCCCCCC/C=C/CCCCCCCC(=O)OCC(COOOP(=O)([O-])OCC[N+](C)(C)C)OC(=O)CCCCCCC/C=C/CCCCCCCCC. The fourth-order valence-electron chi connectivity index (χ4n) is 6.26. The van der Waals surface area contributed by atoms with Crippen molar-refractivity contribution in [3.63, 3.8) is 0 Å². The largest absolute Gasteiger partial charge is 0.754 e. The van der Waals surface area contributed by atoms with Crippen molar-refractivity contribution in [3.8, 4) is 0 Å². The molecule has 0 aliphatic carbocycles. The highest BCUT2D eigenvalue weighted by Crippen LogP contribution is 2.38. The van der Waals surface area contributed by atoms with Gasteiger partial charge in [-0.2, -0.15) is 0 Å². The number of carbonyl (C=O) groups is 2. The molecular formula is C46H88NO10P. The monoisotopic (exact) mass is 846 g/mol. The van der Waals surface area contributed by atoms with Gasteiger partial charge in [0.15, 0.2) is 6.10 Å². The maximum absolute atomic E-state index is 12.7. The number of allylic oxidation sites excluding steroid dienone is 4. The molecule has 0 fully saturated rings. The van der Waals surface area contributed by atoms with Gasteiger partial charge in [0.1, 0.15) is 26.4 Å². The maximum atomic E-state index is 12.7. The Hall–Kier alpha value is -1.59. The summed E-state index contributed by atoms with van der Waals surface area (Å²) in [4.78, 5) is 42.0. The molecule has 2 unspecified atom stereocenters. The number of phosphoric acid groups is 1. The molecule has 0 spiro atoms. The van der Waals surface area contributed by atoms with E-state index in [1.807, 2.05) is 21.1 Å². The van der Waals surface area contributed by atoms with Crippen LogP contribution >= 0.6 is 7.82 Å². The molecule has 12 heteroatoms. The van der Waals surface area contributed by atoms with E-state index in [0.717, 1.165) is 64.2 Å². The van der Waals surface area contributed by atoms with Crippen LogP contribution in [0.5, 0.6) is 0 Å². The first-order valence-electron chi connectivity index (χ1n) is 23.4. The lowest BCUT2D eigenvalue weighted by molar-refractivity contribution is -0.870. The van der Waals surface area contributed by atoms with Crippen LogP contribution in [0.25, 0.3) is 0 Å². The normalized spacial score (nSPS) is 13.7. The van der Waals surface area contributed by atoms with Gasteiger partial charge in [0, 0.05) is 12.8 Å². The molecule has 0 aliphatic rings. The van der Waals surface area contributed by atoms with Crippen LogP contribution in [0.15, 0.2) is 24.3 Å². The summed E-state index contributed by atoms with van der Waals surface area (Å²) in [5.74, 6) is -0.849. The molecule has 0 aliphatic heterocycles. The van der Waals surface area contributed by atoms with Gasteiger partial charge in [0.2, 0.25) is 0 Å². The molecular weight excluding hydrogens is 757 g/mol. The minimum atomic E-state index is -4.78. The van der Waals surface area contributed by atoms with Crippen molar-refractivity contribution in [1.82, 2.24) is 0 Å². The Morgan fingerprint density at radius 2 is 0.966 bits per heavy atom. The van der Waals surface area contributed by atoms with E-state index >= 15 is 0 Å². The molecule has 0 amide bonds. The average molecular weight is 846 g/mol. The number of ether oxygens (including phenoxy) is 2. The molecule has 0 radical (unpaired) electrons. The molecule has 11 nitrogen and oxygen atoms in total. The lowest BCUT2D eigenvalue weighted by Gasteiger charge is -2.26. The number of quaternary nitrogens is 1. The molecule has 0 saturated carbocycles. The van der Waals surface area contributed by atoms with Crippen LogP contribution in [0.4, 0.5) is 0 Å². The Labute approximate surface area is 355 Å². The van der Waals surface area contributed by atoms with E-state index in [0.29, 0.717) is 23.9 Å². The van der Waals surface area contributed by atoms with Gasteiger partial charge in [0.25, 0.3) is 0 Å². The van der Waals surface area contributed by atoms with Gasteiger partial charge in [-0.05, 0) is 64.2 Å². The van der Waals surface area contributed by atoms with Gasteiger partial charge in [-0.1, -0.05) is 159 Å². The van der Waals surface area contributed by atoms with Crippen LogP contribution in [-0.4, -0.2) is 70.0 Å². The summed E-state index contributed by atoms with van der Waals surface area (Å²) in [7, 11) is 0.900. The molecule has 0 aromatic rings. The summed E-state index contributed by atoms with van der Waals surface area (Å²) in [5, 5.41) is 4.41. The van der Waals surface area contributed by atoms with Crippen molar-refractivity contribution < 1.29 is 52.1 Å². The smallest absolute Gasteiger partial charge is 0.306 e. The van der Waals surface area contributed by atoms with E-state index in [-0.39, 0.29) is 26.1 Å². The fraction of sp³-hybridized carbons (Fsp3) is 0.870. The van der Waals surface area contributed by atoms with Gasteiger partial charge in [0.05, 0.1) is 21.1 Å². The summed E-state index contributed by atoms with van der Waals surface area (Å²) in [6.07, 6.45) is 41.8. The third-order valence-electron chi connectivity index (χ3n) is 9.95. The lowest BCUT2D eigenvalue weighted by atomic mass is 10.1. The van der Waals surface area contributed by atoms with Crippen LogP contribution < -0.4 is 4.89 Å². The Morgan fingerprint density at radius 1 is 0.569 bits per heavy atom. The van der Waals surface area contributed by atoms with Crippen molar-refractivity contribution >= 4 is 19.8 Å². The van der Waals surface area contributed by atoms with Crippen LogP contribution in [0.2, 0.25) is 0 Å².